The summed E-state index contributed by atoms with van der Waals surface area (Å²) in [4.78, 5) is 32.5. The molecule has 2 aromatic carbocycles. The summed E-state index contributed by atoms with van der Waals surface area (Å²) in [5.74, 6) is -0.0681. The van der Waals surface area contributed by atoms with Crippen LogP contribution in [0.2, 0.25) is 0 Å². The van der Waals surface area contributed by atoms with Gasteiger partial charge in [-0.05, 0) is 85.3 Å². The van der Waals surface area contributed by atoms with Gasteiger partial charge in [-0.15, -0.1) is 0 Å². The zero-order chi connectivity index (χ0) is 34.4. The normalized spacial score (nSPS) is 25.6. The van der Waals surface area contributed by atoms with Crippen LogP contribution in [0.25, 0.3) is 11.1 Å². The number of nitrogens with one attached hydrogen (secondary N) is 2. The van der Waals surface area contributed by atoms with Crippen LogP contribution < -0.4 is 15.5 Å². The fourth-order valence-electron chi connectivity index (χ4n) is 9.24. The molecule has 1 aliphatic carbocycles. The van der Waals surface area contributed by atoms with E-state index in [2.05, 4.69) is 84.7 Å². The van der Waals surface area contributed by atoms with E-state index in [-0.39, 0.29) is 35.1 Å². The summed E-state index contributed by atoms with van der Waals surface area (Å²) in [5.41, 5.74) is 6.22. The molecule has 2 amide bonds. The van der Waals surface area contributed by atoms with Crippen LogP contribution in [0.15, 0.2) is 36.4 Å². The smallest absolute Gasteiger partial charge is 0.251 e. The Morgan fingerprint density at radius 3 is 2.22 bits per heavy atom. The Bertz CT molecular complexity index is 1410. The molecular weight excluding hydrogens is 612 g/mol. The summed E-state index contributed by atoms with van der Waals surface area (Å²) in [6, 6.07) is 13.6. The highest BCUT2D eigenvalue weighted by Gasteiger charge is 2.50. The van der Waals surface area contributed by atoms with Crippen molar-refractivity contribution in [3.63, 3.8) is 0 Å². The molecule has 3 aliphatic heterocycles. The van der Waals surface area contributed by atoms with Gasteiger partial charge in [-0.1, -0.05) is 69.7 Å². The molecule has 1 saturated carbocycles. The Morgan fingerprint density at radius 1 is 0.918 bits per heavy atom. The van der Waals surface area contributed by atoms with Crippen LogP contribution >= 0.6 is 0 Å². The minimum absolute atomic E-state index is 0.0772. The van der Waals surface area contributed by atoms with Crippen molar-refractivity contribution in [2.45, 2.75) is 104 Å². The Hall–Kier alpha value is -2.94. The van der Waals surface area contributed by atoms with Crippen molar-refractivity contribution in [2.75, 3.05) is 58.0 Å². The summed E-state index contributed by atoms with van der Waals surface area (Å²) < 4.78 is 11.2. The number of amides is 2. The van der Waals surface area contributed by atoms with E-state index in [0.29, 0.717) is 18.2 Å². The second kappa shape index (κ2) is 16.4. The standard InChI is InChI=1S/C41H60N4O4/c1-29-36(39(46)42-27-37-30(2)41(31(3)43-40(37)47)17-9-7-5-6-8-10-18-41)25-34(26-38(29)44(4)35-15-21-48-22-16-35)33-13-11-32(12-14-33)28-45-19-23-49-24-20-45/h11-14,25-26,30-31,35,37H,5-10,15-24,27-28H2,1-4H3,(H,42,46)(H,43,47). The number of hydrogen-bond donors (Lipinski definition) is 2. The summed E-state index contributed by atoms with van der Waals surface area (Å²) in [5, 5.41) is 6.64. The van der Waals surface area contributed by atoms with Crippen molar-refractivity contribution in [1.29, 1.82) is 0 Å². The van der Waals surface area contributed by atoms with Crippen molar-refractivity contribution in [2.24, 2.45) is 17.3 Å². The first-order valence-electron chi connectivity index (χ1n) is 19.2. The molecule has 2 aromatic rings. The lowest BCUT2D eigenvalue weighted by Gasteiger charge is -2.51. The molecule has 3 atom stereocenters. The van der Waals surface area contributed by atoms with Crippen LogP contribution in [-0.4, -0.2) is 81.9 Å². The first kappa shape index (κ1) is 35.9. The van der Waals surface area contributed by atoms with Gasteiger partial charge in [0.25, 0.3) is 5.91 Å². The second-order valence-electron chi connectivity index (χ2n) is 15.4. The van der Waals surface area contributed by atoms with Gasteiger partial charge < -0.3 is 25.0 Å². The molecule has 49 heavy (non-hydrogen) atoms. The predicted octanol–water partition coefficient (Wildman–Crippen LogP) is 6.73. The van der Waals surface area contributed by atoms with Crippen LogP contribution in [0.5, 0.6) is 0 Å². The Morgan fingerprint density at radius 2 is 1.55 bits per heavy atom. The number of carbonyl (C=O) groups excluding carboxylic acids is 2. The fraction of sp³-hybridized carbons (Fsp3) is 0.659. The largest absolute Gasteiger partial charge is 0.381 e. The highest BCUT2D eigenvalue weighted by Crippen LogP contribution is 2.48. The van der Waals surface area contributed by atoms with Gasteiger partial charge in [0, 0.05) is 69.8 Å². The Labute approximate surface area is 294 Å². The topological polar surface area (TPSA) is 83.1 Å². The zero-order valence-corrected chi connectivity index (χ0v) is 30.5. The number of ether oxygens (including phenoxy) is 2. The minimum Gasteiger partial charge on any atom is -0.381 e. The van der Waals surface area contributed by atoms with Crippen LogP contribution in [0.1, 0.15) is 99.5 Å². The van der Waals surface area contributed by atoms with Gasteiger partial charge >= 0.3 is 0 Å². The molecule has 3 saturated heterocycles. The van der Waals surface area contributed by atoms with Crippen molar-refractivity contribution < 1.29 is 19.1 Å². The average Bonchev–Trinajstić information content (AvgIpc) is 3.25. The Kier molecular flexibility index (Phi) is 12.0. The zero-order valence-electron chi connectivity index (χ0n) is 30.5. The maximum absolute atomic E-state index is 14.2. The average molecular weight is 673 g/mol. The third-order valence-electron chi connectivity index (χ3n) is 12.6. The number of carbonyl (C=O) groups is 2. The Balaban J connectivity index is 1.24. The molecule has 3 heterocycles. The molecule has 8 heteroatoms. The molecule has 8 nitrogen and oxygen atoms in total. The number of benzene rings is 2. The first-order chi connectivity index (χ1) is 23.8. The maximum atomic E-state index is 14.2. The number of rotatable bonds is 8. The minimum atomic E-state index is -0.243. The first-order valence-corrected chi connectivity index (χ1v) is 19.2. The van der Waals surface area contributed by atoms with E-state index in [1.54, 1.807) is 0 Å². The van der Waals surface area contributed by atoms with Crippen molar-refractivity contribution in [3.8, 4) is 11.1 Å². The lowest BCUT2D eigenvalue weighted by molar-refractivity contribution is -0.137. The summed E-state index contributed by atoms with van der Waals surface area (Å²) in [6.07, 6.45) is 11.8. The molecule has 0 aromatic heterocycles. The van der Waals surface area contributed by atoms with Gasteiger partial charge in [-0.2, -0.15) is 0 Å². The molecule has 4 fully saturated rings. The van der Waals surface area contributed by atoms with Crippen molar-refractivity contribution in [3.05, 3.63) is 53.1 Å². The molecule has 0 bridgehead atoms. The lowest BCUT2D eigenvalue weighted by Crippen LogP contribution is -2.61. The van der Waals surface area contributed by atoms with Crippen LogP contribution in [0, 0.1) is 24.2 Å². The van der Waals surface area contributed by atoms with Crippen LogP contribution in [0.3, 0.4) is 0 Å². The lowest BCUT2D eigenvalue weighted by atomic mass is 9.59. The van der Waals surface area contributed by atoms with Crippen molar-refractivity contribution in [1.82, 2.24) is 15.5 Å². The van der Waals surface area contributed by atoms with Gasteiger partial charge in [0.1, 0.15) is 0 Å². The maximum Gasteiger partial charge on any atom is 0.251 e. The molecule has 0 radical (unpaired) electrons. The summed E-state index contributed by atoms with van der Waals surface area (Å²) in [7, 11) is 2.15. The van der Waals surface area contributed by atoms with Crippen LogP contribution in [-0.2, 0) is 20.8 Å². The molecule has 3 unspecified atom stereocenters. The van der Waals surface area contributed by atoms with E-state index < -0.39 is 0 Å². The molecule has 268 valence electrons. The van der Waals surface area contributed by atoms with Gasteiger partial charge in [-0.25, -0.2) is 0 Å². The third-order valence-corrected chi connectivity index (χ3v) is 12.6. The predicted molar refractivity (Wildman–Crippen MR) is 197 cm³/mol. The second-order valence-corrected chi connectivity index (χ2v) is 15.4. The number of piperidine rings is 1. The van der Waals surface area contributed by atoms with E-state index in [0.717, 1.165) is 94.1 Å². The number of anilines is 1. The monoisotopic (exact) mass is 672 g/mol. The quantitative estimate of drug-likeness (QED) is 0.324. The van der Waals surface area contributed by atoms with Gasteiger partial charge in [0.2, 0.25) is 5.91 Å². The summed E-state index contributed by atoms with van der Waals surface area (Å²) in [6.45, 7) is 12.8. The molecular formula is C41H60N4O4. The molecule has 6 rings (SSSR count). The highest BCUT2D eigenvalue weighted by molar-refractivity contribution is 5.99. The van der Waals surface area contributed by atoms with E-state index in [1.807, 2.05) is 0 Å². The SMILES string of the molecule is Cc1c(C(=O)NCC2C(=O)NC(C)C3(CCCCCCCC3)C2C)cc(-c2ccc(CN3CCOCC3)cc2)cc1N(C)C1CCOCC1. The van der Waals surface area contributed by atoms with Crippen LogP contribution in [0.4, 0.5) is 5.69 Å². The van der Waals surface area contributed by atoms with E-state index in [9.17, 15) is 9.59 Å². The van der Waals surface area contributed by atoms with Crippen molar-refractivity contribution >= 4 is 17.5 Å². The molecule has 2 N–H and O–H groups in total. The molecule has 1 spiro atoms. The number of nitrogens with zero attached hydrogens (tertiary/aromatic N) is 2. The van der Waals surface area contributed by atoms with E-state index >= 15 is 0 Å². The number of hydrogen-bond acceptors (Lipinski definition) is 6. The summed E-state index contributed by atoms with van der Waals surface area (Å²) >= 11 is 0. The highest BCUT2D eigenvalue weighted by atomic mass is 16.5. The molecule has 4 aliphatic rings. The van der Waals surface area contributed by atoms with E-state index in [4.69, 9.17) is 9.47 Å². The van der Waals surface area contributed by atoms with Gasteiger partial charge in [0.15, 0.2) is 0 Å². The van der Waals surface area contributed by atoms with Gasteiger partial charge in [0.05, 0.1) is 19.1 Å². The van der Waals surface area contributed by atoms with E-state index in [1.165, 1.54) is 44.1 Å². The number of morpholine rings is 1. The third kappa shape index (κ3) is 8.18. The fourth-order valence-corrected chi connectivity index (χ4v) is 9.24. The van der Waals surface area contributed by atoms with Gasteiger partial charge in [-0.3, -0.25) is 14.5 Å².